The zero-order chi connectivity index (χ0) is 14.0. The van der Waals surface area contributed by atoms with Crippen LogP contribution in [0.3, 0.4) is 0 Å². The SMILES string of the molecule is Cc1ccc(NC(=O)c2ccnn2C)cc1C(=O)O. The number of anilines is 1. The second-order valence-corrected chi connectivity index (χ2v) is 4.13. The van der Waals surface area contributed by atoms with Crippen molar-refractivity contribution in [2.45, 2.75) is 6.92 Å². The second-order valence-electron chi connectivity index (χ2n) is 4.13. The van der Waals surface area contributed by atoms with Crippen LogP contribution in [0.5, 0.6) is 0 Å². The van der Waals surface area contributed by atoms with E-state index in [0.717, 1.165) is 0 Å². The minimum absolute atomic E-state index is 0.169. The molecule has 0 aliphatic heterocycles. The van der Waals surface area contributed by atoms with Gasteiger partial charge in [-0.15, -0.1) is 0 Å². The lowest BCUT2D eigenvalue weighted by Crippen LogP contribution is -2.16. The largest absolute Gasteiger partial charge is 0.478 e. The molecule has 2 N–H and O–H groups in total. The van der Waals surface area contributed by atoms with E-state index in [4.69, 9.17) is 5.11 Å². The molecule has 1 amide bonds. The molecule has 0 spiro atoms. The molecule has 2 rings (SSSR count). The predicted molar refractivity (Wildman–Crippen MR) is 69.3 cm³/mol. The number of hydrogen-bond donors (Lipinski definition) is 2. The fraction of sp³-hybridized carbons (Fsp3) is 0.154. The lowest BCUT2D eigenvalue weighted by molar-refractivity contribution is 0.0695. The van der Waals surface area contributed by atoms with Crippen LogP contribution in [0.2, 0.25) is 0 Å². The zero-order valence-electron chi connectivity index (χ0n) is 10.5. The summed E-state index contributed by atoms with van der Waals surface area (Å²) >= 11 is 0. The van der Waals surface area contributed by atoms with Gasteiger partial charge in [0.2, 0.25) is 0 Å². The van der Waals surface area contributed by atoms with Gasteiger partial charge in [0.1, 0.15) is 5.69 Å². The molecule has 0 atom stereocenters. The number of amides is 1. The zero-order valence-corrected chi connectivity index (χ0v) is 10.5. The molecule has 0 aliphatic rings. The first-order valence-electron chi connectivity index (χ1n) is 5.62. The van der Waals surface area contributed by atoms with Crippen molar-refractivity contribution in [1.82, 2.24) is 9.78 Å². The van der Waals surface area contributed by atoms with Crippen LogP contribution in [0.4, 0.5) is 5.69 Å². The summed E-state index contributed by atoms with van der Waals surface area (Å²) in [5.74, 6) is -1.35. The summed E-state index contributed by atoms with van der Waals surface area (Å²) in [5.41, 5.74) is 1.65. The molecule has 0 radical (unpaired) electrons. The van der Waals surface area contributed by atoms with Crippen molar-refractivity contribution in [1.29, 1.82) is 0 Å². The quantitative estimate of drug-likeness (QED) is 0.878. The number of aromatic nitrogens is 2. The van der Waals surface area contributed by atoms with Gasteiger partial charge >= 0.3 is 5.97 Å². The Morgan fingerprint density at radius 3 is 2.63 bits per heavy atom. The van der Waals surface area contributed by atoms with E-state index in [0.29, 0.717) is 16.9 Å². The van der Waals surface area contributed by atoms with Crippen LogP contribution in [-0.2, 0) is 7.05 Å². The van der Waals surface area contributed by atoms with E-state index in [1.807, 2.05) is 0 Å². The van der Waals surface area contributed by atoms with Gasteiger partial charge in [-0.2, -0.15) is 5.10 Å². The molecule has 0 saturated heterocycles. The first-order chi connectivity index (χ1) is 8.99. The summed E-state index contributed by atoms with van der Waals surface area (Å²) in [6.07, 6.45) is 1.52. The Balaban J connectivity index is 2.25. The fourth-order valence-corrected chi connectivity index (χ4v) is 1.72. The lowest BCUT2D eigenvalue weighted by Gasteiger charge is -2.07. The minimum Gasteiger partial charge on any atom is -0.478 e. The van der Waals surface area contributed by atoms with Gasteiger partial charge in [0.15, 0.2) is 0 Å². The van der Waals surface area contributed by atoms with Crippen molar-refractivity contribution >= 4 is 17.6 Å². The number of carbonyl (C=O) groups is 2. The average molecular weight is 259 g/mol. The first kappa shape index (κ1) is 12.8. The Morgan fingerprint density at radius 1 is 1.32 bits per heavy atom. The van der Waals surface area contributed by atoms with Crippen molar-refractivity contribution in [2.24, 2.45) is 7.05 Å². The maximum atomic E-state index is 11.9. The number of nitrogens with zero attached hydrogens (tertiary/aromatic N) is 2. The van der Waals surface area contributed by atoms with Gasteiger partial charge in [0.25, 0.3) is 5.91 Å². The number of carboxylic acid groups (broad SMARTS) is 1. The molecular weight excluding hydrogens is 246 g/mol. The molecule has 0 unspecified atom stereocenters. The van der Waals surface area contributed by atoms with E-state index in [2.05, 4.69) is 10.4 Å². The van der Waals surface area contributed by atoms with Crippen molar-refractivity contribution in [2.75, 3.05) is 5.32 Å². The molecule has 98 valence electrons. The Kier molecular flexibility index (Phi) is 3.33. The molecular formula is C13H13N3O3. The van der Waals surface area contributed by atoms with Crippen LogP contribution in [0.25, 0.3) is 0 Å². The molecule has 6 heteroatoms. The summed E-state index contributed by atoms with van der Waals surface area (Å²) in [4.78, 5) is 23.0. The lowest BCUT2D eigenvalue weighted by atomic mass is 10.1. The number of carboxylic acids is 1. The number of nitrogens with one attached hydrogen (secondary N) is 1. The van der Waals surface area contributed by atoms with Crippen LogP contribution >= 0.6 is 0 Å². The van der Waals surface area contributed by atoms with Gasteiger partial charge in [-0.05, 0) is 30.7 Å². The van der Waals surface area contributed by atoms with Crippen molar-refractivity contribution in [3.63, 3.8) is 0 Å². The Bertz CT molecular complexity index is 646. The summed E-state index contributed by atoms with van der Waals surface area (Å²) in [6, 6.07) is 6.34. The van der Waals surface area contributed by atoms with E-state index in [1.54, 1.807) is 32.2 Å². The van der Waals surface area contributed by atoms with Gasteiger partial charge in [-0.1, -0.05) is 6.07 Å². The van der Waals surface area contributed by atoms with Crippen molar-refractivity contribution in [3.05, 3.63) is 47.3 Å². The normalized spacial score (nSPS) is 10.2. The minimum atomic E-state index is -1.02. The number of aryl methyl sites for hydroxylation is 2. The van der Waals surface area contributed by atoms with E-state index in [-0.39, 0.29) is 11.5 Å². The summed E-state index contributed by atoms with van der Waals surface area (Å²) in [7, 11) is 1.66. The van der Waals surface area contributed by atoms with Crippen LogP contribution in [0, 0.1) is 6.92 Å². The number of aromatic carboxylic acids is 1. The third kappa shape index (κ3) is 2.62. The number of rotatable bonds is 3. The molecule has 0 saturated carbocycles. The van der Waals surface area contributed by atoms with Gasteiger partial charge in [0, 0.05) is 18.9 Å². The molecule has 1 heterocycles. The topological polar surface area (TPSA) is 84.2 Å². The third-order valence-corrected chi connectivity index (χ3v) is 2.78. The van der Waals surface area contributed by atoms with Crippen molar-refractivity contribution < 1.29 is 14.7 Å². The van der Waals surface area contributed by atoms with E-state index in [1.165, 1.54) is 16.9 Å². The Labute approximate surface area is 109 Å². The molecule has 0 fully saturated rings. The highest BCUT2D eigenvalue weighted by atomic mass is 16.4. The Hall–Kier alpha value is -2.63. The maximum absolute atomic E-state index is 11.9. The van der Waals surface area contributed by atoms with Gasteiger partial charge < -0.3 is 10.4 Å². The van der Waals surface area contributed by atoms with Crippen molar-refractivity contribution in [3.8, 4) is 0 Å². The molecule has 1 aromatic heterocycles. The van der Waals surface area contributed by atoms with Crippen LogP contribution in [-0.4, -0.2) is 26.8 Å². The highest BCUT2D eigenvalue weighted by Gasteiger charge is 2.12. The fourth-order valence-electron chi connectivity index (χ4n) is 1.72. The molecule has 6 nitrogen and oxygen atoms in total. The van der Waals surface area contributed by atoms with Crippen LogP contribution < -0.4 is 5.32 Å². The summed E-state index contributed by atoms with van der Waals surface area (Å²) in [6.45, 7) is 1.70. The van der Waals surface area contributed by atoms with Gasteiger partial charge in [-0.3, -0.25) is 9.48 Å². The predicted octanol–water partition coefficient (Wildman–Crippen LogP) is 1.68. The second kappa shape index (κ2) is 4.93. The average Bonchev–Trinajstić information content (AvgIpc) is 2.77. The summed E-state index contributed by atoms with van der Waals surface area (Å²) < 4.78 is 1.45. The smallest absolute Gasteiger partial charge is 0.336 e. The monoisotopic (exact) mass is 259 g/mol. The first-order valence-corrected chi connectivity index (χ1v) is 5.62. The van der Waals surface area contributed by atoms with Crippen LogP contribution in [0.1, 0.15) is 26.4 Å². The number of hydrogen-bond acceptors (Lipinski definition) is 3. The number of carbonyl (C=O) groups excluding carboxylic acids is 1. The molecule has 0 aliphatic carbocycles. The van der Waals surface area contributed by atoms with E-state index in [9.17, 15) is 9.59 Å². The highest BCUT2D eigenvalue weighted by Crippen LogP contribution is 2.16. The van der Waals surface area contributed by atoms with E-state index < -0.39 is 5.97 Å². The third-order valence-electron chi connectivity index (χ3n) is 2.78. The molecule has 2 aromatic rings. The molecule has 19 heavy (non-hydrogen) atoms. The van der Waals surface area contributed by atoms with E-state index >= 15 is 0 Å². The van der Waals surface area contributed by atoms with Gasteiger partial charge in [0.05, 0.1) is 5.56 Å². The molecule has 1 aromatic carbocycles. The standard InChI is InChI=1S/C13H13N3O3/c1-8-3-4-9(7-10(8)13(18)19)15-12(17)11-5-6-14-16(11)2/h3-7H,1-2H3,(H,15,17)(H,18,19). The Morgan fingerprint density at radius 2 is 2.05 bits per heavy atom. The highest BCUT2D eigenvalue weighted by molar-refractivity contribution is 6.03. The maximum Gasteiger partial charge on any atom is 0.336 e. The molecule has 0 bridgehead atoms. The van der Waals surface area contributed by atoms with Gasteiger partial charge in [-0.25, -0.2) is 4.79 Å². The number of benzene rings is 1. The van der Waals surface area contributed by atoms with Crippen LogP contribution in [0.15, 0.2) is 30.5 Å². The summed E-state index contributed by atoms with van der Waals surface area (Å²) in [5, 5.41) is 15.6.